The van der Waals surface area contributed by atoms with Gasteiger partial charge in [0.15, 0.2) is 5.78 Å². The molecule has 0 atom stereocenters. The van der Waals surface area contributed by atoms with E-state index < -0.39 is 0 Å². The Balaban J connectivity index is 2.72. The van der Waals surface area contributed by atoms with E-state index in [2.05, 4.69) is 0 Å². The average Bonchev–Trinajstić information content (AvgIpc) is 2.26. The van der Waals surface area contributed by atoms with E-state index in [4.69, 9.17) is 21.6 Å². The number of ether oxygens (including phenoxy) is 1. The highest BCUT2D eigenvalue weighted by Crippen LogP contribution is 2.23. The summed E-state index contributed by atoms with van der Waals surface area (Å²) in [4.78, 5) is 11.3. The first-order valence-corrected chi connectivity index (χ1v) is 5.33. The lowest BCUT2D eigenvalue weighted by Crippen LogP contribution is -2.02. The molecular weight excluding hydrogens is 226 g/mol. The van der Waals surface area contributed by atoms with Crippen LogP contribution in [0.3, 0.4) is 0 Å². The Labute approximate surface area is 99.6 Å². The molecule has 0 aliphatic rings. The van der Waals surface area contributed by atoms with Crippen LogP contribution in [0.1, 0.15) is 30.1 Å². The quantitative estimate of drug-likeness (QED) is 0.584. The van der Waals surface area contributed by atoms with Crippen molar-refractivity contribution in [2.24, 2.45) is 0 Å². The first-order chi connectivity index (χ1) is 7.65. The highest BCUT2D eigenvalue weighted by Gasteiger charge is 2.08. The molecule has 0 aliphatic carbocycles. The maximum absolute atomic E-state index is 11.3. The van der Waals surface area contributed by atoms with Crippen LogP contribution in [0.4, 0.5) is 0 Å². The fourth-order valence-corrected chi connectivity index (χ4v) is 1.41. The number of nitriles is 1. The summed E-state index contributed by atoms with van der Waals surface area (Å²) in [6, 6.07) is 6.97. The Hall–Kier alpha value is -1.53. The van der Waals surface area contributed by atoms with Crippen molar-refractivity contribution in [1.29, 1.82) is 5.26 Å². The molecule has 1 aromatic carbocycles. The third-order valence-electron chi connectivity index (χ3n) is 2.01. The van der Waals surface area contributed by atoms with Gasteiger partial charge in [0.2, 0.25) is 0 Å². The molecule has 0 unspecified atom stereocenters. The normalized spacial score (nSPS) is 9.56. The molecular formula is C12H12ClNO2. The fraction of sp³-hybridized carbons (Fsp3) is 0.333. The summed E-state index contributed by atoms with van der Waals surface area (Å²) >= 11 is 5.79. The average molecular weight is 238 g/mol. The largest absolute Gasteiger partial charge is 0.493 e. The maximum atomic E-state index is 11.3. The summed E-state index contributed by atoms with van der Waals surface area (Å²) in [5.74, 6) is 0.438. The lowest BCUT2D eigenvalue weighted by Gasteiger charge is -2.09. The molecule has 0 fully saturated rings. The second kappa shape index (κ2) is 6.14. The third-order valence-corrected chi connectivity index (χ3v) is 2.25. The van der Waals surface area contributed by atoms with E-state index in [-0.39, 0.29) is 5.78 Å². The number of ketones is 1. The number of rotatable bonds is 5. The number of nitrogens with zero attached hydrogens (tertiary/aromatic N) is 1. The van der Waals surface area contributed by atoms with E-state index in [1.807, 2.05) is 6.07 Å². The van der Waals surface area contributed by atoms with E-state index in [1.54, 1.807) is 18.2 Å². The molecule has 1 aromatic rings. The zero-order valence-electron chi connectivity index (χ0n) is 9.00. The van der Waals surface area contributed by atoms with Crippen LogP contribution < -0.4 is 4.74 Å². The highest BCUT2D eigenvalue weighted by atomic mass is 35.5. The topological polar surface area (TPSA) is 50.1 Å². The Morgan fingerprint density at radius 3 is 2.94 bits per heavy atom. The Morgan fingerprint density at radius 1 is 1.56 bits per heavy atom. The smallest absolute Gasteiger partial charge is 0.163 e. The molecule has 4 heteroatoms. The van der Waals surface area contributed by atoms with Gasteiger partial charge in [-0.1, -0.05) is 11.6 Å². The standard InChI is InChI=1S/C12H12ClNO2/c1-9(15)11-8-10(13)4-5-12(11)16-7-3-2-6-14/h4-5,8H,2-3,7H2,1H3. The van der Waals surface area contributed by atoms with Gasteiger partial charge in [-0.15, -0.1) is 0 Å². The number of benzene rings is 1. The predicted molar refractivity (Wildman–Crippen MR) is 61.8 cm³/mol. The predicted octanol–water partition coefficient (Wildman–Crippen LogP) is 3.23. The van der Waals surface area contributed by atoms with Crippen molar-refractivity contribution < 1.29 is 9.53 Å². The monoisotopic (exact) mass is 237 g/mol. The van der Waals surface area contributed by atoms with Gasteiger partial charge in [-0.05, 0) is 31.5 Å². The van der Waals surface area contributed by atoms with Crippen molar-refractivity contribution in [2.45, 2.75) is 19.8 Å². The van der Waals surface area contributed by atoms with Crippen LogP contribution in [0.2, 0.25) is 5.02 Å². The first-order valence-electron chi connectivity index (χ1n) is 4.95. The molecule has 1 rings (SSSR count). The number of carbonyl (C=O) groups is 1. The minimum atomic E-state index is -0.0854. The van der Waals surface area contributed by atoms with Crippen LogP contribution in [0.15, 0.2) is 18.2 Å². The van der Waals surface area contributed by atoms with Gasteiger partial charge in [-0.25, -0.2) is 0 Å². The molecule has 0 aromatic heterocycles. The molecule has 0 N–H and O–H groups in total. The first kappa shape index (κ1) is 12.5. The molecule has 0 heterocycles. The van der Waals surface area contributed by atoms with Crippen molar-refractivity contribution in [3.63, 3.8) is 0 Å². The van der Waals surface area contributed by atoms with E-state index >= 15 is 0 Å². The maximum Gasteiger partial charge on any atom is 0.163 e. The van der Waals surface area contributed by atoms with Gasteiger partial charge in [-0.2, -0.15) is 5.26 Å². The molecule has 3 nitrogen and oxygen atoms in total. The lowest BCUT2D eigenvalue weighted by molar-refractivity contribution is 0.101. The number of unbranched alkanes of at least 4 members (excludes halogenated alkanes) is 1. The van der Waals surface area contributed by atoms with Crippen LogP contribution in [-0.4, -0.2) is 12.4 Å². The van der Waals surface area contributed by atoms with Crippen LogP contribution in [-0.2, 0) is 0 Å². The molecule has 0 bridgehead atoms. The van der Waals surface area contributed by atoms with E-state index in [0.717, 1.165) is 0 Å². The van der Waals surface area contributed by atoms with Crippen molar-refractivity contribution >= 4 is 17.4 Å². The van der Waals surface area contributed by atoms with E-state index in [0.29, 0.717) is 35.8 Å². The second-order valence-electron chi connectivity index (χ2n) is 3.31. The van der Waals surface area contributed by atoms with E-state index in [9.17, 15) is 4.79 Å². The lowest BCUT2D eigenvalue weighted by atomic mass is 10.1. The number of hydrogen-bond donors (Lipinski definition) is 0. The molecule has 0 radical (unpaired) electrons. The zero-order valence-corrected chi connectivity index (χ0v) is 9.75. The van der Waals surface area contributed by atoms with Crippen molar-refractivity contribution in [1.82, 2.24) is 0 Å². The summed E-state index contributed by atoms with van der Waals surface area (Å²) < 4.78 is 5.42. The van der Waals surface area contributed by atoms with Crippen molar-refractivity contribution in [3.05, 3.63) is 28.8 Å². The number of carbonyl (C=O) groups excluding carboxylic acids is 1. The Bertz CT molecular complexity index is 424. The molecule has 16 heavy (non-hydrogen) atoms. The minimum Gasteiger partial charge on any atom is -0.493 e. The van der Waals surface area contributed by atoms with Crippen LogP contribution >= 0.6 is 11.6 Å². The fourth-order valence-electron chi connectivity index (χ4n) is 1.24. The summed E-state index contributed by atoms with van der Waals surface area (Å²) in [5.41, 5.74) is 0.476. The molecule has 0 aliphatic heterocycles. The Morgan fingerprint density at radius 2 is 2.31 bits per heavy atom. The molecule has 0 saturated heterocycles. The zero-order chi connectivity index (χ0) is 12.0. The second-order valence-corrected chi connectivity index (χ2v) is 3.74. The highest BCUT2D eigenvalue weighted by molar-refractivity contribution is 6.31. The summed E-state index contributed by atoms with van der Waals surface area (Å²) in [5, 5.41) is 8.87. The van der Waals surface area contributed by atoms with Gasteiger partial charge in [0.05, 0.1) is 18.2 Å². The Kier molecular flexibility index (Phi) is 4.81. The minimum absolute atomic E-state index is 0.0854. The van der Waals surface area contributed by atoms with Crippen LogP contribution in [0, 0.1) is 11.3 Å². The molecule has 84 valence electrons. The van der Waals surface area contributed by atoms with Crippen molar-refractivity contribution in [3.8, 4) is 11.8 Å². The van der Waals surface area contributed by atoms with Gasteiger partial charge < -0.3 is 4.74 Å². The van der Waals surface area contributed by atoms with Gasteiger partial charge >= 0.3 is 0 Å². The molecule has 0 spiro atoms. The molecule has 0 amide bonds. The number of hydrogen-bond acceptors (Lipinski definition) is 3. The van der Waals surface area contributed by atoms with E-state index in [1.165, 1.54) is 6.92 Å². The summed E-state index contributed by atoms with van der Waals surface area (Å²) in [6.45, 7) is 1.89. The third kappa shape index (κ3) is 3.56. The number of Topliss-reactive ketones (excluding diaryl/α,β-unsaturated/α-hetero) is 1. The SMILES string of the molecule is CC(=O)c1cc(Cl)ccc1OCCCC#N. The summed E-state index contributed by atoms with van der Waals surface area (Å²) in [6.07, 6.45) is 1.10. The summed E-state index contributed by atoms with van der Waals surface area (Å²) in [7, 11) is 0. The van der Waals surface area contributed by atoms with Gasteiger partial charge in [0.25, 0.3) is 0 Å². The number of halogens is 1. The van der Waals surface area contributed by atoms with Gasteiger partial charge in [0, 0.05) is 11.4 Å². The van der Waals surface area contributed by atoms with Gasteiger partial charge in [-0.3, -0.25) is 4.79 Å². The van der Waals surface area contributed by atoms with Crippen LogP contribution in [0.25, 0.3) is 0 Å². The van der Waals surface area contributed by atoms with Crippen molar-refractivity contribution in [2.75, 3.05) is 6.61 Å². The van der Waals surface area contributed by atoms with Crippen LogP contribution in [0.5, 0.6) is 5.75 Å². The molecule has 0 saturated carbocycles. The van der Waals surface area contributed by atoms with Gasteiger partial charge in [0.1, 0.15) is 5.75 Å².